The van der Waals surface area contributed by atoms with E-state index in [-0.39, 0.29) is 0 Å². The Labute approximate surface area is 73.0 Å². The minimum atomic E-state index is 0.436. The molecule has 0 saturated heterocycles. The highest BCUT2D eigenvalue weighted by molar-refractivity contribution is 5.79. The Balaban J connectivity index is 2.23. The normalized spacial score (nSPS) is 37.7. The van der Waals surface area contributed by atoms with Crippen LogP contribution in [0.4, 0.5) is 0 Å². The van der Waals surface area contributed by atoms with Crippen LogP contribution in [0.3, 0.4) is 0 Å². The second-order valence-electron chi connectivity index (χ2n) is 4.49. The summed E-state index contributed by atoms with van der Waals surface area (Å²) in [6, 6.07) is 0. The minimum Gasteiger partial charge on any atom is -0.411 e. The lowest BCUT2D eigenvalue weighted by molar-refractivity contribution is -0.00141. The van der Waals surface area contributed by atoms with Crippen molar-refractivity contribution in [1.29, 1.82) is 0 Å². The van der Waals surface area contributed by atoms with Gasteiger partial charge in [-0.3, -0.25) is 0 Å². The number of hydrogen-bond donors (Lipinski definition) is 1. The van der Waals surface area contributed by atoms with Crippen LogP contribution < -0.4 is 0 Å². The third-order valence-corrected chi connectivity index (χ3v) is 3.72. The van der Waals surface area contributed by atoms with Crippen molar-refractivity contribution in [2.45, 2.75) is 26.7 Å². The number of rotatable bonds is 1. The molecule has 0 spiro atoms. The Kier molecular flexibility index (Phi) is 1.53. The van der Waals surface area contributed by atoms with Crippen LogP contribution in [-0.2, 0) is 0 Å². The first-order valence-corrected chi connectivity index (χ1v) is 4.53. The van der Waals surface area contributed by atoms with Crippen LogP contribution >= 0.6 is 0 Å². The van der Waals surface area contributed by atoms with Crippen molar-refractivity contribution in [3.63, 3.8) is 0 Å². The van der Waals surface area contributed by atoms with Crippen molar-refractivity contribution in [3.8, 4) is 0 Å². The zero-order chi connectivity index (χ0) is 8.77. The summed E-state index contributed by atoms with van der Waals surface area (Å²) in [6.07, 6.45) is 6.25. The molecule has 0 radical (unpaired) electrons. The van der Waals surface area contributed by atoms with Gasteiger partial charge in [-0.25, -0.2) is 0 Å². The van der Waals surface area contributed by atoms with E-state index in [9.17, 15) is 0 Å². The van der Waals surface area contributed by atoms with Gasteiger partial charge in [-0.05, 0) is 35.7 Å². The largest absolute Gasteiger partial charge is 0.411 e. The molecule has 3 rings (SSSR count). The zero-order valence-electron chi connectivity index (χ0n) is 7.62. The lowest BCUT2D eigenvalue weighted by Crippen LogP contribution is -2.48. The fourth-order valence-corrected chi connectivity index (χ4v) is 2.61. The summed E-state index contributed by atoms with van der Waals surface area (Å²) < 4.78 is 0. The molecule has 0 aromatic rings. The van der Waals surface area contributed by atoms with E-state index >= 15 is 0 Å². The van der Waals surface area contributed by atoms with Gasteiger partial charge in [0.05, 0.1) is 6.21 Å². The first-order chi connectivity index (χ1) is 5.66. The molecule has 0 aromatic carbocycles. The monoisotopic (exact) mass is 165 g/mol. The van der Waals surface area contributed by atoms with E-state index in [2.05, 4.69) is 25.1 Å². The molecule has 0 aromatic heterocycles. The van der Waals surface area contributed by atoms with Crippen LogP contribution in [0.1, 0.15) is 26.7 Å². The van der Waals surface area contributed by atoms with Crippen LogP contribution in [-0.4, -0.2) is 11.4 Å². The quantitative estimate of drug-likeness (QED) is 0.361. The summed E-state index contributed by atoms with van der Waals surface area (Å²) in [5.41, 5.74) is 1.66. The maximum atomic E-state index is 8.45. The average molecular weight is 165 g/mol. The molecule has 1 N–H and O–H groups in total. The molecule has 66 valence electrons. The Hall–Kier alpha value is -0.790. The summed E-state index contributed by atoms with van der Waals surface area (Å²) in [4.78, 5) is 0. The van der Waals surface area contributed by atoms with Crippen molar-refractivity contribution in [3.05, 3.63) is 11.6 Å². The second-order valence-corrected chi connectivity index (χ2v) is 4.49. The fourth-order valence-electron chi connectivity index (χ4n) is 2.61. The van der Waals surface area contributed by atoms with Gasteiger partial charge >= 0.3 is 0 Å². The molecular formula is C10H15NO. The molecular weight excluding hydrogens is 150 g/mol. The van der Waals surface area contributed by atoms with Gasteiger partial charge in [0.2, 0.25) is 0 Å². The fraction of sp³-hybridized carbons (Fsp3) is 0.700. The summed E-state index contributed by atoms with van der Waals surface area (Å²) in [6.45, 7) is 4.62. The minimum absolute atomic E-state index is 0.436. The summed E-state index contributed by atoms with van der Waals surface area (Å²) >= 11 is 0. The molecule has 0 heterocycles. The van der Waals surface area contributed by atoms with E-state index in [0.29, 0.717) is 11.3 Å². The van der Waals surface area contributed by atoms with E-state index in [1.54, 1.807) is 6.21 Å². The van der Waals surface area contributed by atoms with Gasteiger partial charge in [-0.2, -0.15) is 0 Å². The Morgan fingerprint density at radius 1 is 1.67 bits per heavy atom. The maximum absolute atomic E-state index is 8.45. The number of allylic oxidation sites excluding steroid dienone is 2. The molecule has 2 bridgehead atoms. The number of nitrogens with zero attached hydrogens (tertiary/aromatic N) is 1. The lowest BCUT2D eigenvalue weighted by Gasteiger charge is -2.55. The molecule has 0 amide bonds. The van der Waals surface area contributed by atoms with Crippen LogP contribution in [0.25, 0.3) is 0 Å². The highest BCUT2D eigenvalue weighted by Gasteiger charge is 2.50. The van der Waals surface area contributed by atoms with Crippen LogP contribution in [0.2, 0.25) is 0 Å². The van der Waals surface area contributed by atoms with Crippen molar-refractivity contribution < 1.29 is 5.21 Å². The van der Waals surface area contributed by atoms with E-state index in [0.717, 1.165) is 12.3 Å². The highest BCUT2D eigenvalue weighted by Crippen LogP contribution is 2.58. The predicted octanol–water partition coefficient (Wildman–Crippen LogP) is 2.44. The molecule has 2 atom stereocenters. The Morgan fingerprint density at radius 2 is 2.42 bits per heavy atom. The molecule has 1 fully saturated rings. The van der Waals surface area contributed by atoms with Crippen LogP contribution in [0, 0.1) is 17.3 Å². The second kappa shape index (κ2) is 2.35. The lowest BCUT2D eigenvalue weighted by atomic mass is 9.49. The van der Waals surface area contributed by atoms with E-state index < -0.39 is 0 Å². The topological polar surface area (TPSA) is 32.6 Å². The van der Waals surface area contributed by atoms with Crippen molar-refractivity contribution >= 4 is 6.21 Å². The van der Waals surface area contributed by atoms with Crippen LogP contribution in [0.5, 0.6) is 0 Å². The molecule has 0 aliphatic heterocycles. The van der Waals surface area contributed by atoms with E-state index in [1.165, 1.54) is 12.0 Å². The molecule has 0 unspecified atom stereocenters. The molecule has 2 heteroatoms. The highest BCUT2D eigenvalue weighted by atomic mass is 16.4. The average Bonchev–Trinajstić information content (AvgIpc) is 2.05. The van der Waals surface area contributed by atoms with Crippen molar-refractivity contribution in [1.82, 2.24) is 0 Å². The van der Waals surface area contributed by atoms with Gasteiger partial charge < -0.3 is 5.21 Å². The maximum Gasteiger partial charge on any atom is 0.0693 e. The van der Waals surface area contributed by atoms with Gasteiger partial charge in [-0.15, -0.1) is 0 Å². The Bertz CT molecular complexity index is 253. The molecule has 2 nitrogen and oxygen atoms in total. The van der Waals surface area contributed by atoms with Gasteiger partial charge in [-0.1, -0.05) is 25.1 Å². The summed E-state index contributed by atoms with van der Waals surface area (Å²) in [5, 5.41) is 11.6. The number of oxime groups is 1. The molecule has 1 saturated carbocycles. The Morgan fingerprint density at radius 3 is 2.92 bits per heavy atom. The molecule has 3 aliphatic rings. The van der Waals surface area contributed by atoms with Crippen LogP contribution in [0.15, 0.2) is 16.8 Å². The summed E-state index contributed by atoms with van der Waals surface area (Å²) in [7, 11) is 0. The standard InChI is InChI=1S/C10H15NO/c1-10(2)8-4-3-7(6-11-12)9(10)5-8/h3,6,8-9,12H,4-5H2,1-2H3/b11-6-/t8-,9-/m1/s1. The van der Waals surface area contributed by atoms with Crippen molar-refractivity contribution in [2.24, 2.45) is 22.4 Å². The van der Waals surface area contributed by atoms with Gasteiger partial charge in [0.25, 0.3) is 0 Å². The third kappa shape index (κ3) is 0.838. The number of fused-ring (bicyclic) bond motifs is 1. The van der Waals surface area contributed by atoms with Gasteiger partial charge in [0, 0.05) is 0 Å². The van der Waals surface area contributed by atoms with Gasteiger partial charge in [0.1, 0.15) is 0 Å². The molecule has 12 heavy (non-hydrogen) atoms. The number of hydrogen-bond acceptors (Lipinski definition) is 2. The zero-order valence-corrected chi connectivity index (χ0v) is 7.62. The first-order valence-electron chi connectivity index (χ1n) is 4.53. The van der Waals surface area contributed by atoms with Gasteiger partial charge in [0.15, 0.2) is 0 Å². The first kappa shape index (κ1) is 7.84. The third-order valence-electron chi connectivity index (χ3n) is 3.72. The SMILES string of the molecule is CC1(C)[C@@H]2CC=C(/C=N\O)[C@H]1C2. The van der Waals surface area contributed by atoms with E-state index in [1.807, 2.05) is 0 Å². The van der Waals surface area contributed by atoms with E-state index in [4.69, 9.17) is 5.21 Å². The predicted molar refractivity (Wildman–Crippen MR) is 48.4 cm³/mol. The smallest absolute Gasteiger partial charge is 0.0693 e. The summed E-state index contributed by atoms with van der Waals surface area (Å²) in [5.74, 6) is 1.49. The molecule has 3 aliphatic carbocycles. The van der Waals surface area contributed by atoms with Crippen molar-refractivity contribution in [2.75, 3.05) is 0 Å².